The average molecular weight is 478 g/mol. The molecule has 0 saturated heterocycles. The monoisotopic (exact) mass is 477 g/mol. The number of halogens is 2. The number of rotatable bonds is 5. The largest absolute Gasteiger partial charge is 0.384 e. The maximum atomic E-state index is 12.8. The maximum absolute atomic E-state index is 12.8. The SMILES string of the molecule is Nc1ccc(NC(=O)c2ccc(C(=O)Nc3ccc(Cl)c(-c4ccccn4)c3)c(Cl)c2)cn1. The summed E-state index contributed by atoms with van der Waals surface area (Å²) in [4.78, 5) is 33.5. The number of carbonyl (C=O) groups excluding carboxylic acids is 2. The van der Waals surface area contributed by atoms with Crippen LogP contribution in [0.2, 0.25) is 10.0 Å². The van der Waals surface area contributed by atoms with Crippen molar-refractivity contribution in [3.63, 3.8) is 0 Å². The number of pyridine rings is 2. The number of nitrogen functional groups attached to an aromatic ring is 1. The quantitative estimate of drug-likeness (QED) is 0.349. The Morgan fingerprint density at radius 3 is 2.27 bits per heavy atom. The van der Waals surface area contributed by atoms with E-state index in [1.54, 1.807) is 36.5 Å². The Kier molecular flexibility index (Phi) is 6.53. The van der Waals surface area contributed by atoms with Crippen LogP contribution >= 0.6 is 23.2 Å². The lowest BCUT2D eigenvalue weighted by atomic mass is 10.1. The highest BCUT2D eigenvalue weighted by Crippen LogP contribution is 2.30. The second kappa shape index (κ2) is 9.68. The molecule has 2 aromatic heterocycles. The Hall–Kier alpha value is -3.94. The van der Waals surface area contributed by atoms with Gasteiger partial charge in [0.05, 0.1) is 33.2 Å². The van der Waals surface area contributed by atoms with Gasteiger partial charge in [0.1, 0.15) is 5.82 Å². The van der Waals surface area contributed by atoms with E-state index in [2.05, 4.69) is 20.6 Å². The zero-order chi connectivity index (χ0) is 23.4. The number of benzene rings is 2. The van der Waals surface area contributed by atoms with Gasteiger partial charge in [0, 0.05) is 23.0 Å². The maximum Gasteiger partial charge on any atom is 0.257 e. The molecule has 0 atom stereocenters. The molecular weight excluding hydrogens is 461 g/mol. The second-order valence-electron chi connectivity index (χ2n) is 6.98. The van der Waals surface area contributed by atoms with Gasteiger partial charge in [-0.15, -0.1) is 0 Å². The van der Waals surface area contributed by atoms with Crippen LogP contribution in [0.4, 0.5) is 17.2 Å². The molecular formula is C24H17Cl2N5O2. The third kappa shape index (κ3) is 5.28. The fourth-order valence-corrected chi connectivity index (χ4v) is 3.52. The summed E-state index contributed by atoms with van der Waals surface area (Å²) in [6, 6.07) is 18.2. The Morgan fingerprint density at radius 2 is 1.58 bits per heavy atom. The molecule has 0 unspecified atom stereocenters. The van der Waals surface area contributed by atoms with E-state index in [1.165, 1.54) is 24.4 Å². The smallest absolute Gasteiger partial charge is 0.257 e. The summed E-state index contributed by atoms with van der Waals surface area (Å²) in [5.41, 5.74) is 8.43. The van der Waals surface area contributed by atoms with E-state index in [-0.39, 0.29) is 16.1 Å². The highest BCUT2D eigenvalue weighted by Gasteiger charge is 2.15. The van der Waals surface area contributed by atoms with Crippen LogP contribution in [0, 0.1) is 0 Å². The second-order valence-corrected chi connectivity index (χ2v) is 7.80. The first-order valence-corrected chi connectivity index (χ1v) is 10.5. The molecule has 0 radical (unpaired) electrons. The number of hydrogen-bond acceptors (Lipinski definition) is 5. The topological polar surface area (TPSA) is 110 Å². The lowest BCUT2D eigenvalue weighted by Gasteiger charge is -2.11. The van der Waals surface area contributed by atoms with Gasteiger partial charge in [-0.1, -0.05) is 29.3 Å². The van der Waals surface area contributed by atoms with Gasteiger partial charge in [-0.05, 0) is 60.7 Å². The summed E-state index contributed by atoms with van der Waals surface area (Å²) in [6.07, 6.45) is 3.11. The molecule has 9 heteroatoms. The Balaban J connectivity index is 1.50. The molecule has 0 aliphatic heterocycles. The van der Waals surface area contributed by atoms with Crippen LogP contribution in [0.5, 0.6) is 0 Å². The zero-order valence-corrected chi connectivity index (χ0v) is 18.6. The third-order valence-corrected chi connectivity index (χ3v) is 5.33. The van der Waals surface area contributed by atoms with Crippen LogP contribution < -0.4 is 16.4 Å². The first kappa shape index (κ1) is 22.3. The molecule has 0 saturated carbocycles. The van der Waals surface area contributed by atoms with Gasteiger partial charge in [0.25, 0.3) is 11.8 Å². The molecule has 0 spiro atoms. The summed E-state index contributed by atoms with van der Waals surface area (Å²) >= 11 is 12.6. The first-order chi connectivity index (χ1) is 15.9. The Labute approximate surface area is 199 Å². The number of nitrogens with one attached hydrogen (secondary N) is 2. The van der Waals surface area contributed by atoms with Gasteiger partial charge in [-0.25, -0.2) is 4.98 Å². The minimum absolute atomic E-state index is 0.134. The van der Waals surface area contributed by atoms with E-state index in [1.807, 2.05) is 18.2 Å². The van der Waals surface area contributed by atoms with E-state index >= 15 is 0 Å². The molecule has 0 fully saturated rings. The van der Waals surface area contributed by atoms with Gasteiger partial charge in [-0.2, -0.15) is 0 Å². The van der Waals surface area contributed by atoms with Crippen molar-refractivity contribution in [2.24, 2.45) is 0 Å². The first-order valence-electron chi connectivity index (χ1n) is 9.75. The third-order valence-electron chi connectivity index (χ3n) is 4.69. The van der Waals surface area contributed by atoms with E-state index < -0.39 is 11.8 Å². The molecule has 33 heavy (non-hydrogen) atoms. The fourth-order valence-electron chi connectivity index (χ4n) is 3.04. The van der Waals surface area contributed by atoms with Crippen molar-refractivity contribution < 1.29 is 9.59 Å². The minimum atomic E-state index is -0.427. The normalized spacial score (nSPS) is 10.5. The van der Waals surface area contributed by atoms with Crippen molar-refractivity contribution in [1.29, 1.82) is 0 Å². The highest BCUT2D eigenvalue weighted by atomic mass is 35.5. The van der Waals surface area contributed by atoms with Gasteiger partial charge >= 0.3 is 0 Å². The number of amides is 2. The van der Waals surface area contributed by atoms with E-state index in [0.29, 0.717) is 33.5 Å². The molecule has 4 aromatic rings. The van der Waals surface area contributed by atoms with Crippen molar-refractivity contribution in [3.8, 4) is 11.3 Å². The van der Waals surface area contributed by atoms with E-state index in [9.17, 15) is 9.59 Å². The molecule has 4 rings (SSSR count). The molecule has 0 aliphatic rings. The van der Waals surface area contributed by atoms with Crippen LogP contribution in [-0.4, -0.2) is 21.8 Å². The molecule has 0 aliphatic carbocycles. The van der Waals surface area contributed by atoms with E-state index in [0.717, 1.165) is 0 Å². The fraction of sp³-hybridized carbons (Fsp3) is 0. The van der Waals surface area contributed by atoms with E-state index in [4.69, 9.17) is 28.9 Å². The predicted molar refractivity (Wildman–Crippen MR) is 131 cm³/mol. The number of anilines is 3. The number of nitrogens with zero attached hydrogens (tertiary/aromatic N) is 2. The zero-order valence-electron chi connectivity index (χ0n) is 17.0. The number of hydrogen-bond donors (Lipinski definition) is 3. The summed E-state index contributed by atoms with van der Waals surface area (Å²) in [6.45, 7) is 0. The van der Waals surface area contributed by atoms with Gasteiger partial charge in [0.15, 0.2) is 0 Å². The molecule has 0 bridgehead atoms. The lowest BCUT2D eigenvalue weighted by Crippen LogP contribution is -2.15. The number of nitrogens with two attached hydrogens (primary N) is 1. The Bertz CT molecular complexity index is 1330. The molecule has 164 valence electrons. The van der Waals surface area contributed by atoms with Crippen molar-refractivity contribution in [1.82, 2.24) is 9.97 Å². The minimum Gasteiger partial charge on any atom is -0.384 e. The molecule has 2 amide bonds. The van der Waals surface area contributed by atoms with Crippen LogP contribution in [0.3, 0.4) is 0 Å². The molecule has 2 aromatic carbocycles. The summed E-state index contributed by atoms with van der Waals surface area (Å²) in [5, 5.41) is 6.14. The standard InChI is InChI=1S/C24H17Cl2N5O2/c25-19-8-5-15(12-18(19)21-3-1-2-10-28-21)30-24(33)17-7-4-14(11-20(17)26)23(32)31-16-6-9-22(27)29-13-16/h1-13H,(H2,27,29)(H,30,33)(H,31,32). The highest BCUT2D eigenvalue weighted by molar-refractivity contribution is 6.35. The number of carbonyl (C=O) groups is 2. The van der Waals surface area contributed by atoms with Crippen molar-refractivity contribution >= 4 is 52.2 Å². The summed E-state index contributed by atoms with van der Waals surface area (Å²) in [7, 11) is 0. The van der Waals surface area contributed by atoms with Crippen molar-refractivity contribution in [3.05, 3.63) is 100 Å². The van der Waals surface area contributed by atoms with Crippen LogP contribution in [0.25, 0.3) is 11.3 Å². The Morgan fingerprint density at radius 1 is 0.788 bits per heavy atom. The van der Waals surface area contributed by atoms with Gasteiger partial charge in [-0.3, -0.25) is 14.6 Å². The van der Waals surface area contributed by atoms with Crippen LogP contribution in [0.1, 0.15) is 20.7 Å². The number of aromatic nitrogens is 2. The summed E-state index contributed by atoms with van der Waals surface area (Å²) in [5.74, 6) is -0.476. The average Bonchev–Trinajstić information content (AvgIpc) is 2.82. The lowest BCUT2D eigenvalue weighted by molar-refractivity contribution is 0.101. The molecule has 4 N–H and O–H groups in total. The predicted octanol–water partition coefficient (Wildman–Crippen LogP) is 5.54. The van der Waals surface area contributed by atoms with Gasteiger partial charge in [0.2, 0.25) is 0 Å². The summed E-state index contributed by atoms with van der Waals surface area (Å²) < 4.78 is 0. The molecule has 7 nitrogen and oxygen atoms in total. The van der Waals surface area contributed by atoms with Crippen LogP contribution in [-0.2, 0) is 0 Å². The van der Waals surface area contributed by atoms with Gasteiger partial charge < -0.3 is 16.4 Å². The molecule has 2 heterocycles. The van der Waals surface area contributed by atoms with Crippen LogP contribution in [0.15, 0.2) is 79.1 Å². The van der Waals surface area contributed by atoms with Crippen molar-refractivity contribution in [2.45, 2.75) is 0 Å². The van der Waals surface area contributed by atoms with Crippen molar-refractivity contribution in [2.75, 3.05) is 16.4 Å².